The van der Waals surface area contributed by atoms with E-state index >= 15 is 0 Å². The van der Waals surface area contributed by atoms with Crippen LogP contribution in [-0.4, -0.2) is 12.7 Å². The SMILES string of the molecule is CCOC1C=CC(Cc2ccccc2Cl)=CC1. The number of halogens is 1. The summed E-state index contributed by atoms with van der Waals surface area (Å²) in [7, 11) is 0. The molecule has 0 saturated heterocycles. The third-order valence-corrected chi connectivity index (χ3v) is 3.24. The summed E-state index contributed by atoms with van der Waals surface area (Å²) in [5, 5.41) is 0.841. The van der Waals surface area contributed by atoms with E-state index in [4.69, 9.17) is 16.3 Å². The second-order valence-corrected chi connectivity index (χ2v) is 4.54. The minimum Gasteiger partial charge on any atom is -0.374 e. The maximum absolute atomic E-state index is 6.15. The number of ether oxygens (including phenoxy) is 1. The second-order valence-electron chi connectivity index (χ2n) is 4.14. The Morgan fingerprint density at radius 3 is 2.82 bits per heavy atom. The molecular formula is C15H17ClO. The van der Waals surface area contributed by atoms with Gasteiger partial charge in [-0.1, -0.05) is 48.0 Å². The summed E-state index contributed by atoms with van der Waals surface area (Å²) in [6.07, 6.45) is 8.63. The summed E-state index contributed by atoms with van der Waals surface area (Å²) < 4.78 is 5.55. The van der Waals surface area contributed by atoms with E-state index in [1.807, 2.05) is 25.1 Å². The molecule has 2 heteroatoms. The molecule has 0 aromatic heterocycles. The summed E-state index contributed by atoms with van der Waals surface area (Å²) in [5.41, 5.74) is 2.49. The molecule has 0 bridgehead atoms. The van der Waals surface area contributed by atoms with Gasteiger partial charge in [0.15, 0.2) is 0 Å². The van der Waals surface area contributed by atoms with Crippen molar-refractivity contribution in [2.45, 2.75) is 25.9 Å². The summed E-state index contributed by atoms with van der Waals surface area (Å²) in [4.78, 5) is 0. The van der Waals surface area contributed by atoms with Crippen LogP contribution >= 0.6 is 11.6 Å². The highest BCUT2D eigenvalue weighted by Gasteiger charge is 2.09. The van der Waals surface area contributed by atoms with Crippen molar-refractivity contribution >= 4 is 11.6 Å². The van der Waals surface area contributed by atoms with Crippen LogP contribution in [0.2, 0.25) is 5.02 Å². The topological polar surface area (TPSA) is 9.23 Å². The maximum atomic E-state index is 6.15. The molecule has 1 aliphatic rings. The molecule has 17 heavy (non-hydrogen) atoms. The van der Waals surface area contributed by atoms with E-state index in [0.717, 1.165) is 24.5 Å². The molecule has 0 aliphatic heterocycles. The van der Waals surface area contributed by atoms with Gasteiger partial charge in [-0.15, -0.1) is 0 Å². The molecule has 0 saturated carbocycles. The van der Waals surface area contributed by atoms with Crippen LogP contribution in [0.15, 0.2) is 48.1 Å². The summed E-state index contributed by atoms with van der Waals surface area (Å²) in [5.74, 6) is 0. The van der Waals surface area contributed by atoms with Crippen LogP contribution < -0.4 is 0 Å². The molecule has 1 unspecified atom stereocenters. The molecule has 1 atom stereocenters. The van der Waals surface area contributed by atoms with Gasteiger partial charge in [0.2, 0.25) is 0 Å². The molecule has 1 aromatic rings. The highest BCUT2D eigenvalue weighted by Crippen LogP contribution is 2.22. The highest BCUT2D eigenvalue weighted by molar-refractivity contribution is 6.31. The van der Waals surface area contributed by atoms with Crippen molar-refractivity contribution in [2.75, 3.05) is 6.61 Å². The number of hydrogen-bond donors (Lipinski definition) is 0. The fourth-order valence-corrected chi connectivity index (χ4v) is 2.18. The normalized spacial score (nSPS) is 19.2. The average molecular weight is 249 g/mol. The molecule has 0 spiro atoms. The van der Waals surface area contributed by atoms with Crippen molar-refractivity contribution < 1.29 is 4.74 Å². The first-order valence-corrected chi connectivity index (χ1v) is 6.39. The van der Waals surface area contributed by atoms with Crippen molar-refractivity contribution in [1.82, 2.24) is 0 Å². The second kappa shape index (κ2) is 6.04. The number of benzene rings is 1. The molecule has 0 amide bonds. The fourth-order valence-electron chi connectivity index (χ4n) is 1.98. The van der Waals surface area contributed by atoms with Crippen LogP contribution in [0.3, 0.4) is 0 Å². The van der Waals surface area contributed by atoms with E-state index in [9.17, 15) is 0 Å². The van der Waals surface area contributed by atoms with Gasteiger partial charge in [-0.2, -0.15) is 0 Å². The fraction of sp³-hybridized carbons (Fsp3) is 0.333. The molecule has 0 fully saturated rings. The number of rotatable bonds is 4. The van der Waals surface area contributed by atoms with Crippen molar-refractivity contribution in [2.24, 2.45) is 0 Å². The number of hydrogen-bond acceptors (Lipinski definition) is 1. The smallest absolute Gasteiger partial charge is 0.0793 e. The molecule has 1 aromatic carbocycles. The van der Waals surface area contributed by atoms with E-state index in [0.29, 0.717) is 0 Å². The van der Waals surface area contributed by atoms with E-state index in [2.05, 4.69) is 24.3 Å². The number of allylic oxidation sites excluding steroid dienone is 2. The lowest BCUT2D eigenvalue weighted by atomic mass is 9.98. The molecule has 1 nitrogen and oxygen atoms in total. The van der Waals surface area contributed by atoms with Gasteiger partial charge in [0.05, 0.1) is 6.10 Å². The van der Waals surface area contributed by atoms with Gasteiger partial charge in [0.25, 0.3) is 0 Å². The Labute approximate surface area is 108 Å². The van der Waals surface area contributed by atoms with E-state index < -0.39 is 0 Å². The monoisotopic (exact) mass is 248 g/mol. The van der Waals surface area contributed by atoms with Crippen LogP contribution in [0.5, 0.6) is 0 Å². The minimum absolute atomic E-state index is 0.245. The Morgan fingerprint density at radius 1 is 1.35 bits per heavy atom. The lowest BCUT2D eigenvalue weighted by molar-refractivity contribution is 0.0975. The highest BCUT2D eigenvalue weighted by atomic mass is 35.5. The van der Waals surface area contributed by atoms with Crippen LogP contribution in [-0.2, 0) is 11.2 Å². The standard InChI is InChI=1S/C15H17ClO/c1-2-17-14-9-7-12(8-10-14)11-13-5-3-4-6-15(13)16/h3-9,14H,2,10-11H2,1H3. The van der Waals surface area contributed by atoms with Gasteiger partial charge in [-0.25, -0.2) is 0 Å². The Hall–Kier alpha value is -1.05. The van der Waals surface area contributed by atoms with Crippen LogP contribution in [0, 0.1) is 0 Å². The first kappa shape index (κ1) is 12.4. The van der Waals surface area contributed by atoms with Crippen LogP contribution in [0.4, 0.5) is 0 Å². The van der Waals surface area contributed by atoms with Crippen LogP contribution in [0.1, 0.15) is 18.9 Å². The van der Waals surface area contributed by atoms with Crippen LogP contribution in [0.25, 0.3) is 0 Å². The summed E-state index contributed by atoms with van der Waals surface area (Å²) >= 11 is 6.15. The van der Waals surface area contributed by atoms with Gasteiger partial charge in [0.1, 0.15) is 0 Å². The third kappa shape index (κ3) is 3.45. The predicted molar refractivity (Wildman–Crippen MR) is 72.4 cm³/mol. The Morgan fingerprint density at radius 2 is 2.18 bits per heavy atom. The van der Waals surface area contributed by atoms with E-state index in [1.165, 1.54) is 11.1 Å². The molecular weight excluding hydrogens is 232 g/mol. The van der Waals surface area contributed by atoms with E-state index in [-0.39, 0.29) is 6.10 Å². The van der Waals surface area contributed by atoms with Crippen molar-refractivity contribution in [1.29, 1.82) is 0 Å². The predicted octanol–water partition coefficient (Wildman–Crippen LogP) is 4.17. The summed E-state index contributed by atoms with van der Waals surface area (Å²) in [6, 6.07) is 8.00. The minimum atomic E-state index is 0.245. The van der Waals surface area contributed by atoms with Gasteiger partial charge in [-0.05, 0) is 37.0 Å². The van der Waals surface area contributed by atoms with Crippen molar-refractivity contribution in [3.63, 3.8) is 0 Å². The largest absolute Gasteiger partial charge is 0.374 e. The summed E-state index contributed by atoms with van der Waals surface area (Å²) in [6.45, 7) is 2.79. The maximum Gasteiger partial charge on any atom is 0.0793 e. The lowest BCUT2D eigenvalue weighted by Gasteiger charge is -2.16. The zero-order chi connectivity index (χ0) is 12.1. The molecule has 0 radical (unpaired) electrons. The van der Waals surface area contributed by atoms with Gasteiger partial charge < -0.3 is 4.74 Å². The van der Waals surface area contributed by atoms with E-state index in [1.54, 1.807) is 0 Å². The molecule has 0 heterocycles. The first-order chi connectivity index (χ1) is 8.29. The first-order valence-electron chi connectivity index (χ1n) is 6.02. The van der Waals surface area contributed by atoms with Gasteiger partial charge in [0, 0.05) is 11.6 Å². The molecule has 90 valence electrons. The van der Waals surface area contributed by atoms with Crippen molar-refractivity contribution in [3.8, 4) is 0 Å². The Bertz CT molecular complexity index is 434. The Balaban J connectivity index is 1.98. The average Bonchev–Trinajstić information content (AvgIpc) is 2.35. The molecule has 1 aliphatic carbocycles. The Kier molecular flexibility index (Phi) is 4.41. The zero-order valence-corrected chi connectivity index (χ0v) is 10.8. The lowest BCUT2D eigenvalue weighted by Crippen LogP contribution is -2.11. The molecule has 2 rings (SSSR count). The molecule has 0 N–H and O–H groups in total. The van der Waals surface area contributed by atoms with Crippen molar-refractivity contribution in [3.05, 3.63) is 58.7 Å². The van der Waals surface area contributed by atoms with Gasteiger partial charge in [-0.3, -0.25) is 0 Å². The quantitative estimate of drug-likeness (QED) is 0.777. The zero-order valence-electron chi connectivity index (χ0n) is 10.0. The van der Waals surface area contributed by atoms with Gasteiger partial charge >= 0.3 is 0 Å². The third-order valence-electron chi connectivity index (χ3n) is 2.87.